The van der Waals surface area contributed by atoms with E-state index >= 15 is 0 Å². The molecule has 2 N–H and O–H groups in total. The van der Waals surface area contributed by atoms with E-state index in [2.05, 4.69) is 10.2 Å². The summed E-state index contributed by atoms with van der Waals surface area (Å²) in [6, 6.07) is -0.0869. The average molecular weight is 315 g/mol. The number of sulfonamides is 1. The molecule has 0 spiro atoms. The van der Waals surface area contributed by atoms with E-state index in [-0.39, 0.29) is 22.3 Å². The van der Waals surface area contributed by atoms with Gasteiger partial charge < -0.3 is 5.11 Å². The Morgan fingerprint density at radius 3 is 2.76 bits per heavy atom. The van der Waals surface area contributed by atoms with Crippen LogP contribution in [0.4, 0.5) is 0 Å². The molecule has 1 aliphatic rings. The largest absolute Gasteiger partial charge is 0.478 e. The van der Waals surface area contributed by atoms with Gasteiger partial charge in [0.15, 0.2) is 0 Å². The van der Waals surface area contributed by atoms with Crippen molar-refractivity contribution in [2.75, 3.05) is 6.54 Å². The highest BCUT2D eigenvalue weighted by Crippen LogP contribution is 2.27. The number of carboxylic acid groups (broad SMARTS) is 1. The number of carboxylic acids is 1. The summed E-state index contributed by atoms with van der Waals surface area (Å²) in [6.45, 7) is 3.88. The summed E-state index contributed by atoms with van der Waals surface area (Å²) in [5.41, 5.74) is -0.00181. The second kappa shape index (κ2) is 6.15. The zero-order valence-electron chi connectivity index (χ0n) is 12.3. The number of hydrogen-bond donors (Lipinski definition) is 2. The van der Waals surface area contributed by atoms with Gasteiger partial charge in [-0.05, 0) is 26.2 Å². The van der Waals surface area contributed by atoms with Crippen LogP contribution in [0.2, 0.25) is 0 Å². The maximum atomic E-state index is 12.8. The first-order valence-corrected chi connectivity index (χ1v) is 8.63. The number of hydrogen-bond acceptors (Lipinski definition) is 4. The van der Waals surface area contributed by atoms with Gasteiger partial charge in [0.25, 0.3) is 10.0 Å². The number of nitrogens with one attached hydrogen (secondary N) is 1. The summed E-state index contributed by atoms with van der Waals surface area (Å²) in [5, 5.41) is 15.1. The summed E-state index contributed by atoms with van der Waals surface area (Å²) in [7, 11) is -3.89. The van der Waals surface area contributed by atoms with Crippen molar-refractivity contribution in [1.29, 1.82) is 0 Å². The topological polar surface area (TPSA) is 103 Å². The van der Waals surface area contributed by atoms with Crippen molar-refractivity contribution >= 4 is 16.0 Å². The minimum atomic E-state index is -3.89. The lowest BCUT2D eigenvalue weighted by atomic mass is 10.1. The highest BCUT2D eigenvalue weighted by Gasteiger charge is 2.37. The number of aromatic carboxylic acids is 1. The predicted molar refractivity (Wildman–Crippen MR) is 76.7 cm³/mol. The van der Waals surface area contributed by atoms with E-state index in [4.69, 9.17) is 0 Å². The summed E-state index contributed by atoms with van der Waals surface area (Å²) < 4.78 is 27.1. The number of nitrogens with zero attached hydrogens (tertiary/aromatic N) is 2. The monoisotopic (exact) mass is 315 g/mol. The number of H-pyrrole nitrogens is 1. The third-order valence-corrected chi connectivity index (χ3v) is 5.86. The molecule has 2 rings (SSSR count). The predicted octanol–water partition coefficient (Wildman–Crippen LogP) is 1.76. The minimum absolute atomic E-state index is 0.0869. The molecule has 0 bridgehead atoms. The number of carbonyl (C=O) groups is 1. The van der Waals surface area contributed by atoms with Crippen molar-refractivity contribution in [3.05, 3.63) is 11.3 Å². The fourth-order valence-electron chi connectivity index (χ4n) is 2.83. The van der Waals surface area contributed by atoms with Crippen molar-refractivity contribution < 1.29 is 18.3 Å². The van der Waals surface area contributed by atoms with Crippen LogP contribution < -0.4 is 0 Å². The van der Waals surface area contributed by atoms with Gasteiger partial charge in [-0.3, -0.25) is 5.10 Å². The van der Waals surface area contributed by atoms with Crippen LogP contribution >= 0.6 is 0 Å². The SMILES string of the molecule is CCC1CCCCCN1S(=O)(=O)c1n[nH]c(C)c1C(=O)O. The maximum Gasteiger partial charge on any atom is 0.340 e. The first-order chi connectivity index (χ1) is 9.89. The summed E-state index contributed by atoms with van der Waals surface area (Å²) >= 11 is 0. The van der Waals surface area contributed by atoms with Gasteiger partial charge >= 0.3 is 5.97 Å². The lowest BCUT2D eigenvalue weighted by Gasteiger charge is -2.27. The zero-order valence-corrected chi connectivity index (χ0v) is 13.1. The Kier molecular flexibility index (Phi) is 4.67. The van der Waals surface area contributed by atoms with E-state index in [1.54, 1.807) is 0 Å². The molecule has 1 unspecified atom stereocenters. The second-order valence-electron chi connectivity index (χ2n) is 5.36. The van der Waals surface area contributed by atoms with Crippen molar-refractivity contribution in [3.8, 4) is 0 Å². The molecular formula is C13H21N3O4S. The second-order valence-corrected chi connectivity index (χ2v) is 7.17. The van der Waals surface area contributed by atoms with Crippen LogP contribution in [0.15, 0.2) is 5.03 Å². The number of aryl methyl sites for hydroxylation is 1. The van der Waals surface area contributed by atoms with Crippen LogP contribution in [-0.2, 0) is 10.0 Å². The molecule has 1 aliphatic heterocycles. The number of aromatic nitrogens is 2. The lowest BCUT2D eigenvalue weighted by molar-refractivity contribution is 0.0691. The fraction of sp³-hybridized carbons (Fsp3) is 0.692. The molecule has 1 aromatic rings. The Labute approximate surface area is 124 Å². The molecular weight excluding hydrogens is 294 g/mol. The van der Waals surface area contributed by atoms with Crippen molar-refractivity contribution in [1.82, 2.24) is 14.5 Å². The normalized spacial score (nSPS) is 21.1. The maximum absolute atomic E-state index is 12.8. The van der Waals surface area contributed by atoms with Crippen LogP contribution in [0, 0.1) is 6.92 Å². The number of aromatic amines is 1. The van der Waals surface area contributed by atoms with Gasteiger partial charge in [-0.25, -0.2) is 13.2 Å². The van der Waals surface area contributed by atoms with Crippen LogP contribution in [0.5, 0.6) is 0 Å². The standard InChI is InChI=1S/C13H21N3O4S/c1-3-10-7-5-4-6-8-16(10)21(19,20)12-11(13(17)18)9(2)14-15-12/h10H,3-8H2,1-2H3,(H,14,15)(H,17,18). The highest BCUT2D eigenvalue weighted by molar-refractivity contribution is 7.89. The third-order valence-electron chi connectivity index (χ3n) is 3.98. The molecule has 21 heavy (non-hydrogen) atoms. The van der Waals surface area contributed by atoms with Crippen LogP contribution in [0.1, 0.15) is 55.1 Å². The lowest BCUT2D eigenvalue weighted by Crippen LogP contribution is -2.40. The van der Waals surface area contributed by atoms with Crippen molar-refractivity contribution in [3.63, 3.8) is 0 Å². The van der Waals surface area contributed by atoms with Gasteiger partial charge in [-0.15, -0.1) is 0 Å². The smallest absolute Gasteiger partial charge is 0.340 e. The van der Waals surface area contributed by atoms with Gasteiger partial charge in [0.2, 0.25) is 5.03 Å². The van der Waals surface area contributed by atoms with E-state index < -0.39 is 16.0 Å². The molecule has 1 atom stereocenters. The van der Waals surface area contributed by atoms with Crippen molar-refractivity contribution in [2.24, 2.45) is 0 Å². The molecule has 1 aromatic heterocycles. The van der Waals surface area contributed by atoms with E-state index in [0.717, 1.165) is 25.7 Å². The molecule has 0 saturated carbocycles. The molecule has 0 aliphatic carbocycles. The molecule has 7 nitrogen and oxygen atoms in total. The Balaban J connectivity index is 2.47. The van der Waals surface area contributed by atoms with Gasteiger partial charge in [0, 0.05) is 18.3 Å². The third kappa shape index (κ3) is 2.96. The van der Waals surface area contributed by atoms with E-state index in [1.807, 2.05) is 6.92 Å². The summed E-state index contributed by atoms with van der Waals surface area (Å²) in [4.78, 5) is 11.3. The molecule has 8 heteroatoms. The Morgan fingerprint density at radius 1 is 1.43 bits per heavy atom. The fourth-order valence-corrected chi connectivity index (χ4v) is 4.73. The molecule has 1 fully saturated rings. The molecule has 1 saturated heterocycles. The van der Waals surface area contributed by atoms with Crippen molar-refractivity contribution in [2.45, 2.75) is 57.0 Å². The number of rotatable bonds is 4. The molecule has 0 radical (unpaired) electrons. The van der Waals surface area contributed by atoms with Gasteiger partial charge in [-0.2, -0.15) is 9.40 Å². The molecule has 0 aromatic carbocycles. The van der Waals surface area contributed by atoms with Crippen LogP contribution in [0.3, 0.4) is 0 Å². The molecule has 0 amide bonds. The van der Waals surface area contributed by atoms with E-state index in [9.17, 15) is 18.3 Å². The molecule has 2 heterocycles. The van der Waals surface area contributed by atoms with E-state index in [0.29, 0.717) is 13.0 Å². The van der Waals surface area contributed by atoms with Gasteiger partial charge in [0.1, 0.15) is 5.56 Å². The Hall–Kier alpha value is -1.41. The van der Waals surface area contributed by atoms with Gasteiger partial charge in [-0.1, -0.05) is 19.8 Å². The summed E-state index contributed by atoms with van der Waals surface area (Å²) in [6.07, 6.45) is 4.30. The average Bonchev–Trinajstić information content (AvgIpc) is 2.68. The van der Waals surface area contributed by atoms with Crippen LogP contribution in [0.25, 0.3) is 0 Å². The quantitative estimate of drug-likeness (QED) is 0.881. The first-order valence-electron chi connectivity index (χ1n) is 7.19. The first kappa shape index (κ1) is 16.0. The highest BCUT2D eigenvalue weighted by atomic mass is 32.2. The van der Waals surface area contributed by atoms with E-state index in [1.165, 1.54) is 11.2 Å². The Bertz CT molecular complexity index is 623. The molecule has 118 valence electrons. The minimum Gasteiger partial charge on any atom is -0.478 e. The summed E-state index contributed by atoms with van der Waals surface area (Å²) in [5.74, 6) is -1.28. The Morgan fingerprint density at radius 2 is 2.14 bits per heavy atom. The van der Waals surface area contributed by atoms with Crippen LogP contribution in [-0.4, -0.2) is 46.6 Å². The van der Waals surface area contributed by atoms with Gasteiger partial charge in [0.05, 0.1) is 0 Å². The zero-order chi connectivity index (χ0) is 15.6.